The SMILES string of the molecule is CNc1nc(-c2cccnc2)nc2ccc(-c3ccc4c(c3)NC(=O)CO4)cc12. The van der Waals surface area contributed by atoms with Gasteiger partial charge in [0.1, 0.15) is 11.6 Å². The van der Waals surface area contributed by atoms with Gasteiger partial charge in [-0.3, -0.25) is 9.78 Å². The molecule has 2 aromatic carbocycles. The molecule has 0 aliphatic carbocycles. The fourth-order valence-electron chi connectivity index (χ4n) is 3.39. The van der Waals surface area contributed by atoms with Crippen molar-refractivity contribution in [2.24, 2.45) is 0 Å². The summed E-state index contributed by atoms with van der Waals surface area (Å²) in [7, 11) is 1.84. The van der Waals surface area contributed by atoms with E-state index < -0.39 is 0 Å². The zero-order valence-corrected chi connectivity index (χ0v) is 15.6. The third kappa shape index (κ3) is 3.12. The van der Waals surface area contributed by atoms with Crippen molar-refractivity contribution in [3.05, 3.63) is 60.9 Å². The molecule has 5 rings (SSSR count). The molecule has 3 heterocycles. The molecule has 0 bridgehead atoms. The summed E-state index contributed by atoms with van der Waals surface area (Å²) in [6, 6.07) is 15.6. The lowest BCUT2D eigenvalue weighted by atomic mass is 10.0. The number of aromatic nitrogens is 3. The van der Waals surface area contributed by atoms with E-state index >= 15 is 0 Å². The Hall–Kier alpha value is -4.00. The molecule has 142 valence electrons. The molecule has 1 aliphatic rings. The van der Waals surface area contributed by atoms with Crippen molar-refractivity contribution in [3.8, 4) is 28.3 Å². The van der Waals surface area contributed by atoms with E-state index in [0.29, 0.717) is 17.3 Å². The third-order valence-corrected chi connectivity index (χ3v) is 4.80. The molecule has 0 atom stereocenters. The molecule has 29 heavy (non-hydrogen) atoms. The van der Waals surface area contributed by atoms with E-state index in [1.165, 1.54) is 0 Å². The predicted octanol–water partition coefficient (Wildman–Crippen LogP) is 3.73. The Morgan fingerprint density at radius 3 is 2.72 bits per heavy atom. The van der Waals surface area contributed by atoms with E-state index in [1.54, 1.807) is 12.4 Å². The van der Waals surface area contributed by atoms with Gasteiger partial charge in [0.2, 0.25) is 0 Å². The highest BCUT2D eigenvalue weighted by atomic mass is 16.5. The maximum atomic E-state index is 11.6. The number of amides is 1. The van der Waals surface area contributed by atoms with Gasteiger partial charge in [0.15, 0.2) is 12.4 Å². The van der Waals surface area contributed by atoms with Gasteiger partial charge in [-0.15, -0.1) is 0 Å². The van der Waals surface area contributed by atoms with E-state index in [2.05, 4.69) is 20.6 Å². The highest BCUT2D eigenvalue weighted by Gasteiger charge is 2.17. The Labute approximate surface area is 166 Å². The number of carbonyl (C=O) groups excluding carboxylic acids is 1. The molecular weight excluding hydrogens is 366 g/mol. The summed E-state index contributed by atoms with van der Waals surface area (Å²) in [6.07, 6.45) is 3.47. The lowest BCUT2D eigenvalue weighted by Gasteiger charge is -2.18. The number of benzene rings is 2. The van der Waals surface area contributed by atoms with E-state index in [9.17, 15) is 4.79 Å². The van der Waals surface area contributed by atoms with Gasteiger partial charge in [-0.1, -0.05) is 12.1 Å². The maximum absolute atomic E-state index is 11.6. The second-order valence-corrected chi connectivity index (χ2v) is 6.67. The van der Waals surface area contributed by atoms with Gasteiger partial charge in [-0.05, 0) is 47.5 Å². The highest BCUT2D eigenvalue weighted by Crippen LogP contribution is 2.34. The predicted molar refractivity (Wildman–Crippen MR) is 112 cm³/mol. The van der Waals surface area contributed by atoms with Crippen molar-refractivity contribution in [3.63, 3.8) is 0 Å². The van der Waals surface area contributed by atoms with Gasteiger partial charge in [0.25, 0.3) is 5.91 Å². The van der Waals surface area contributed by atoms with Gasteiger partial charge in [-0.2, -0.15) is 0 Å². The topological polar surface area (TPSA) is 89.0 Å². The minimum atomic E-state index is -0.151. The highest BCUT2D eigenvalue weighted by molar-refractivity contribution is 5.97. The molecule has 0 spiro atoms. The lowest BCUT2D eigenvalue weighted by Crippen LogP contribution is -2.25. The summed E-state index contributed by atoms with van der Waals surface area (Å²) in [5.41, 5.74) is 4.34. The Kier molecular flexibility index (Phi) is 4.05. The van der Waals surface area contributed by atoms with Crippen molar-refractivity contribution < 1.29 is 9.53 Å². The fourth-order valence-corrected chi connectivity index (χ4v) is 3.39. The van der Waals surface area contributed by atoms with Crippen LogP contribution in [0.5, 0.6) is 5.75 Å². The number of ether oxygens (including phenoxy) is 1. The fraction of sp³-hybridized carbons (Fsp3) is 0.0909. The van der Waals surface area contributed by atoms with E-state index in [-0.39, 0.29) is 12.5 Å². The van der Waals surface area contributed by atoms with Crippen LogP contribution >= 0.6 is 0 Å². The first kappa shape index (κ1) is 17.1. The summed E-state index contributed by atoms with van der Waals surface area (Å²) in [4.78, 5) is 25.1. The van der Waals surface area contributed by atoms with Crippen LogP contribution in [0.1, 0.15) is 0 Å². The Bertz CT molecular complexity index is 1240. The van der Waals surface area contributed by atoms with Crippen LogP contribution in [0.4, 0.5) is 11.5 Å². The molecule has 1 aliphatic heterocycles. The normalized spacial score (nSPS) is 12.8. The van der Waals surface area contributed by atoms with Gasteiger partial charge in [0.05, 0.1) is 11.2 Å². The van der Waals surface area contributed by atoms with Crippen LogP contribution in [-0.2, 0) is 4.79 Å². The van der Waals surface area contributed by atoms with Crippen molar-refractivity contribution in [1.82, 2.24) is 15.0 Å². The molecule has 0 saturated carbocycles. The van der Waals surface area contributed by atoms with Crippen molar-refractivity contribution >= 4 is 28.3 Å². The number of anilines is 2. The first-order valence-electron chi connectivity index (χ1n) is 9.18. The molecule has 0 unspecified atom stereocenters. The summed E-state index contributed by atoms with van der Waals surface area (Å²) in [5, 5.41) is 6.93. The van der Waals surface area contributed by atoms with Gasteiger partial charge in [0, 0.05) is 30.4 Å². The molecule has 7 nitrogen and oxygen atoms in total. The average Bonchev–Trinajstić information content (AvgIpc) is 2.78. The molecule has 7 heteroatoms. The Morgan fingerprint density at radius 1 is 1.03 bits per heavy atom. The minimum Gasteiger partial charge on any atom is -0.482 e. The van der Waals surface area contributed by atoms with E-state index in [0.717, 1.165) is 33.4 Å². The largest absolute Gasteiger partial charge is 0.482 e. The van der Waals surface area contributed by atoms with Crippen LogP contribution in [0.2, 0.25) is 0 Å². The molecular formula is C22H17N5O2. The second-order valence-electron chi connectivity index (χ2n) is 6.67. The van der Waals surface area contributed by atoms with Crippen molar-refractivity contribution in [1.29, 1.82) is 0 Å². The lowest BCUT2D eigenvalue weighted by molar-refractivity contribution is -0.118. The number of hydrogen-bond donors (Lipinski definition) is 2. The summed E-state index contributed by atoms with van der Waals surface area (Å²) in [5.74, 6) is 1.89. The number of nitrogens with zero attached hydrogens (tertiary/aromatic N) is 3. The first-order valence-corrected chi connectivity index (χ1v) is 9.18. The van der Waals surface area contributed by atoms with Crippen LogP contribution in [0.3, 0.4) is 0 Å². The summed E-state index contributed by atoms with van der Waals surface area (Å²) < 4.78 is 5.44. The average molecular weight is 383 g/mol. The number of nitrogens with one attached hydrogen (secondary N) is 2. The van der Waals surface area contributed by atoms with Crippen molar-refractivity contribution in [2.75, 3.05) is 24.3 Å². The van der Waals surface area contributed by atoms with Crippen LogP contribution in [-0.4, -0.2) is 34.5 Å². The molecule has 0 radical (unpaired) electrons. The van der Waals surface area contributed by atoms with Gasteiger partial charge < -0.3 is 15.4 Å². The molecule has 1 amide bonds. The van der Waals surface area contributed by atoms with Crippen molar-refractivity contribution in [2.45, 2.75) is 0 Å². The summed E-state index contributed by atoms with van der Waals surface area (Å²) in [6.45, 7) is 0.0461. The first-order chi connectivity index (χ1) is 14.2. The minimum absolute atomic E-state index is 0.0461. The number of pyridine rings is 1. The third-order valence-electron chi connectivity index (χ3n) is 4.80. The quantitative estimate of drug-likeness (QED) is 0.560. The van der Waals surface area contributed by atoms with Gasteiger partial charge in [-0.25, -0.2) is 9.97 Å². The maximum Gasteiger partial charge on any atom is 0.262 e. The monoisotopic (exact) mass is 383 g/mol. The zero-order valence-electron chi connectivity index (χ0n) is 15.6. The summed E-state index contributed by atoms with van der Waals surface area (Å²) >= 11 is 0. The number of rotatable bonds is 3. The number of hydrogen-bond acceptors (Lipinski definition) is 6. The molecule has 2 aromatic heterocycles. The molecule has 4 aromatic rings. The number of carbonyl (C=O) groups is 1. The molecule has 2 N–H and O–H groups in total. The van der Waals surface area contributed by atoms with Crippen LogP contribution < -0.4 is 15.4 Å². The van der Waals surface area contributed by atoms with Crippen LogP contribution in [0.25, 0.3) is 33.4 Å². The zero-order chi connectivity index (χ0) is 19.8. The second kappa shape index (κ2) is 6.87. The van der Waals surface area contributed by atoms with E-state index in [1.807, 2.05) is 55.6 Å². The Balaban J connectivity index is 1.60. The smallest absolute Gasteiger partial charge is 0.262 e. The van der Waals surface area contributed by atoms with Gasteiger partial charge >= 0.3 is 0 Å². The molecule has 0 saturated heterocycles. The standard InChI is InChI=1S/C22H17N5O2/c1-23-22-16-9-13(14-5-7-19-18(10-14)25-20(28)12-29-19)4-6-17(16)26-21(27-22)15-3-2-8-24-11-15/h2-11H,12H2,1H3,(H,25,28)(H,23,26,27). The number of fused-ring (bicyclic) bond motifs is 2. The van der Waals surface area contributed by atoms with Crippen LogP contribution in [0, 0.1) is 0 Å². The van der Waals surface area contributed by atoms with E-state index in [4.69, 9.17) is 9.72 Å². The molecule has 0 fully saturated rings. The van der Waals surface area contributed by atoms with Crippen LogP contribution in [0.15, 0.2) is 60.9 Å². The Morgan fingerprint density at radius 2 is 1.90 bits per heavy atom.